The molecule has 5 nitrogen and oxygen atoms in total. The van der Waals surface area contributed by atoms with Gasteiger partial charge in [-0.2, -0.15) is 5.10 Å². The molecule has 0 radical (unpaired) electrons. The Morgan fingerprint density at radius 2 is 1.88 bits per heavy atom. The van der Waals surface area contributed by atoms with Crippen LogP contribution in [0.1, 0.15) is 5.56 Å². The monoisotopic (exact) mass is 330 g/mol. The highest BCUT2D eigenvalue weighted by atomic mass is 16.1. The Morgan fingerprint density at radius 1 is 1.08 bits per heavy atom. The molecule has 1 amide bonds. The van der Waals surface area contributed by atoms with Crippen molar-refractivity contribution in [1.29, 1.82) is 0 Å². The number of amides is 1. The predicted octanol–water partition coefficient (Wildman–Crippen LogP) is 3.77. The third-order valence-corrected chi connectivity index (χ3v) is 4.16. The maximum Gasteiger partial charge on any atom is 0.244 e. The van der Waals surface area contributed by atoms with Crippen molar-refractivity contribution < 1.29 is 4.79 Å². The Kier molecular flexibility index (Phi) is 3.82. The van der Waals surface area contributed by atoms with E-state index >= 15 is 0 Å². The quantitative estimate of drug-likeness (QED) is 0.619. The van der Waals surface area contributed by atoms with Crippen molar-refractivity contribution >= 4 is 22.5 Å². The lowest BCUT2D eigenvalue weighted by Gasteiger charge is -2.06. The van der Waals surface area contributed by atoms with Crippen LogP contribution in [0, 0.1) is 6.92 Å². The van der Waals surface area contributed by atoms with E-state index in [1.165, 1.54) is 5.56 Å². The molecule has 0 unspecified atom stereocenters. The van der Waals surface area contributed by atoms with Gasteiger partial charge in [0.2, 0.25) is 5.91 Å². The second kappa shape index (κ2) is 6.28. The van der Waals surface area contributed by atoms with Crippen LogP contribution in [0.4, 0.5) is 5.69 Å². The highest BCUT2D eigenvalue weighted by Gasteiger charge is 2.08. The molecule has 25 heavy (non-hydrogen) atoms. The summed E-state index contributed by atoms with van der Waals surface area (Å²) in [6, 6.07) is 18.1. The maximum absolute atomic E-state index is 12.3. The molecule has 0 aliphatic heterocycles. The highest BCUT2D eigenvalue weighted by Crippen LogP contribution is 2.16. The molecule has 0 atom stereocenters. The van der Waals surface area contributed by atoms with Crippen LogP contribution in [0.5, 0.6) is 0 Å². The number of hydrogen-bond acceptors (Lipinski definition) is 2. The average molecular weight is 330 g/mol. The fourth-order valence-corrected chi connectivity index (χ4v) is 2.86. The second-order valence-corrected chi connectivity index (χ2v) is 6.06. The van der Waals surface area contributed by atoms with Crippen molar-refractivity contribution in [3.8, 4) is 5.69 Å². The molecule has 5 heteroatoms. The van der Waals surface area contributed by atoms with E-state index in [0.717, 1.165) is 16.6 Å². The van der Waals surface area contributed by atoms with Crippen molar-refractivity contribution in [1.82, 2.24) is 14.3 Å². The third-order valence-electron chi connectivity index (χ3n) is 4.16. The first-order chi connectivity index (χ1) is 12.2. The number of para-hydroxylation sites is 1. The number of nitrogens with one attached hydrogen (secondary N) is 1. The topological polar surface area (TPSA) is 51.9 Å². The number of anilines is 1. The summed E-state index contributed by atoms with van der Waals surface area (Å²) in [6.45, 7) is 2.31. The molecule has 0 aliphatic carbocycles. The third kappa shape index (κ3) is 3.17. The summed E-state index contributed by atoms with van der Waals surface area (Å²) >= 11 is 0. The zero-order chi connectivity index (χ0) is 17.2. The van der Waals surface area contributed by atoms with E-state index in [-0.39, 0.29) is 12.5 Å². The molecule has 0 spiro atoms. The molecular weight excluding hydrogens is 312 g/mol. The van der Waals surface area contributed by atoms with Gasteiger partial charge < -0.3 is 9.88 Å². The minimum Gasteiger partial charge on any atom is -0.338 e. The molecule has 4 aromatic rings. The number of nitrogens with zero attached hydrogens (tertiary/aromatic N) is 3. The summed E-state index contributed by atoms with van der Waals surface area (Å²) in [7, 11) is 0. The van der Waals surface area contributed by atoms with Crippen molar-refractivity contribution in [3.63, 3.8) is 0 Å². The first-order valence-electron chi connectivity index (χ1n) is 8.14. The van der Waals surface area contributed by atoms with Crippen molar-refractivity contribution in [2.45, 2.75) is 13.5 Å². The minimum atomic E-state index is -0.0789. The smallest absolute Gasteiger partial charge is 0.244 e. The fraction of sp³-hybridized carbons (Fsp3) is 0.100. The molecule has 124 valence electrons. The van der Waals surface area contributed by atoms with Crippen LogP contribution < -0.4 is 5.32 Å². The number of hydrogen-bond donors (Lipinski definition) is 1. The molecule has 1 N–H and O–H groups in total. The molecule has 2 aromatic carbocycles. The molecule has 0 aliphatic rings. The number of carbonyl (C=O) groups excluding carboxylic acids is 1. The summed E-state index contributed by atoms with van der Waals surface area (Å²) in [5.41, 5.74) is 3.89. The van der Waals surface area contributed by atoms with E-state index in [4.69, 9.17) is 0 Å². The SMILES string of the molecule is Cc1ccc(-n2cc(NC(=O)Cn3ccc4ccccc43)cn2)cc1. The normalized spacial score (nSPS) is 10.9. The maximum atomic E-state index is 12.3. The van der Waals surface area contributed by atoms with Gasteiger partial charge in [-0.1, -0.05) is 35.9 Å². The van der Waals surface area contributed by atoms with E-state index in [1.54, 1.807) is 10.9 Å². The summed E-state index contributed by atoms with van der Waals surface area (Å²) < 4.78 is 3.69. The number of rotatable bonds is 4. The number of aryl methyl sites for hydroxylation is 1. The standard InChI is InChI=1S/C20H18N4O/c1-15-6-8-18(9-7-15)24-13-17(12-21-24)22-20(25)14-23-11-10-16-4-2-3-5-19(16)23/h2-13H,14H2,1H3,(H,22,25). The lowest BCUT2D eigenvalue weighted by atomic mass is 10.2. The summed E-state index contributed by atoms with van der Waals surface area (Å²) in [6.07, 6.45) is 5.40. The van der Waals surface area contributed by atoms with Crippen LogP contribution >= 0.6 is 0 Å². The van der Waals surface area contributed by atoms with Gasteiger partial charge in [0.1, 0.15) is 6.54 Å². The Hall–Kier alpha value is -3.34. The molecule has 2 aromatic heterocycles. The average Bonchev–Trinajstić information content (AvgIpc) is 3.23. The van der Waals surface area contributed by atoms with Crippen LogP contribution in [-0.4, -0.2) is 20.3 Å². The van der Waals surface area contributed by atoms with Crippen LogP contribution in [0.25, 0.3) is 16.6 Å². The van der Waals surface area contributed by atoms with Crippen molar-refractivity contribution in [3.05, 3.63) is 78.8 Å². The minimum absolute atomic E-state index is 0.0789. The lowest BCUT2D eigenvalue weighted by molar-refractivity contribution is -0.116. The van der Waals surface area contributed by atoms with Crippen molar-refractivity contribution in [2.75, 3.05) is 5.32 Å². The van der Waals surface area contributed by atoms with Crippen LogP contribution in [-0.2, 0) is 11.3 Å². The lowest BCUT2D eigenvalue weighted by Crippen LogP contribution is -2.17. The van der Waals surface area contributed by atoms with Gasteiger partial charge in [0.15, 0.2) is 0 Å². The molecule has 4 rings (SSSR count). The molecule has 2 heterocycles. The molecular formula is C20H18N4O. The van der Waals surface area contributed by atoms with Crippen LogP contribution in [0.3, 0.4) is 0 Å². The van der Waals surface area contributed by atoms with Gasteiger partial charge in [-0.25, -0.2) is 4.68 Å². The molecule has 0 bridgehead atoms. The van der Waals surface area contributed by atoms with E-state index in [9.17, 15) is 4.79 Å². The van der Waals surface area contributed by atoms with Gasteiger partial charge in [0.25, 0.3) is 0 Å². The van der Waals surface area contributed by atoms with Gasteiger partial charge in [-0.05, 0) is 36.6 Å². The van der Waals surface area contributed by atoms with E-state index in [2.05, 4.69) is 10.4 Å². The first kappa shape index (κ1) is 15.2. The first-order valence-corrected chi connectivity index (χ1v) is 8.14. The second-order valence-electron chi connectivity index (χ2n) is 6.06. The summed E-state index contributed by atoms with van der Waals surface area (Å²) in [5.74, 6) is -0.0789. The van der Waals surface area contributed by atoms with Gasteiger partial charge in [0.05, 0.1) is 23.8 Å². The largest absolute Gasteiger partial charge is 0.338 e. The Balaban J connectivity index is 1.47. The van der Waals surface area contributed by atoms with E-state index in [1.807, 2.05) is 78.5 Å². The number of benzene rings is 2. The summed E-state index contributed by atoms with van der Waals surface area (Å²) in [4.78, 5) is 12.3. The molecule has 0 saturated heterocycles. The highest BCUT2D eigenvalue weighted by molar-refractivity contribution is 5.91. The number of fused-ring (bicyclic) bond motifs is 1. The Bertz CT molecular complexity index is 1030. The number of aromatic nitrogens is 3. The Labute approximate surface area is 145 Å². The Morgan fingerprint density at radius 3 is 2.72 bits per heavy atom. The van der Waals surface area contributed by atoms with E-state index in [0.29, 0.717) is 5.69 Å². The molecule has 0 saturated carbocycles. The van der Waals surface area contributed by atoms with Gasteiger partial charge in [0, 0.05) is 11.7 Å². The van der Waals surface area contributed by atoms with Gasteiger partial charge in [-0.15, -0.1) is 0 Å². The van der Waals surface area contributed by atoms with Gasteiger partial charge in [-0.3, -0.25) is 4.79 Å². The van der Waals surface area contributed by atoms with Gasteiger partial charge >= 0.3 is 0 Å². The fourth-order valence-electron chi connectivity index (χ4n) is 2.86. The van der Waals surface area contributed by atoms with Crippen LogP contribution in [0.15, 0.2) is 73.2 Å². The van der Waals surface area contributed by atoms with Crippen molar-refractivity contribution in [2.24, 2.45) is 0 Å². The zero-order valence-electron chi connectivity index (χ0n) is 13.9. The zero-order valence-corrected chi connectivity index (χ0v) is 13.9. The summed E-state index contributed by atoms with van der Waals surface area (Å²) in [5, 5.41) is 8.34. The predicted molar refractivity (Wildman–Crippen MR) is 98.9 cm³/mol. The number of carbonyl (C=O) groups is 1. The molecule has 0 fully saturated rings. The van der Waals surface area contributed by atoms with E-state index < -0.39 is 0 Å². The van der Waals surface area contributed by atoms with Crippen LogP contribution in [0.2, 0.25) is 0 Å².